The molecule has 6 heteroatoms. The van der Waals surface area contributed by atoms with Gasteiger partial charge in [0.25, 0.3) is 5.91 Å². The molecule has 1 aromatic rings. The summed E-state index contributed by atoms with van der Waals surface area (Å²) in [5.41, 5.74) is -0.0670. The fourth-order valence-electron chi connectivity index (χ4n) is 1.56. The minimum Gasteiger partial charge on any atom is -0.372 e. The van der Waals surface area contributed by atoms with Gasteiger partial charge in [0, 0.05) is 20.7 Å². The van der Waals surface area contributed by atoms with E-state index in [1.807, 2.05) is 0 Å². The highest BCUT2D eigenvalue weighted by Gasteiger charge is 2.30. The van der Waals surface area contributed by atoms with Gasteiger partial charge < -0.3 is 9.64 Å². The third-order valence-corrected chi connectivity index (χ3v) is 2.78. The molecule has 0 aliphatic carbocycles. The van der Waals surface area contributed by atoms with Crippen molar-refractivity contribution in [3.63, 3.8) is 0 Å². The number of methoxy groups -OCH3 is 1. The number of benzene rings is 1. The highest BCUT2D eigenvalue weighted by molar-refractivity contribution is 5.80. The van der Waals surface area contributed by atoms with Crippen molar-refractivity contribution in [1.82, 2.24) is 4.90 Å². The molecule has 0 aromatic heterocycles. The third-order valence-electron chi connectivity index (χ3n) is 2.78. The van der Waals surface area contributed by atoms with Gasteiger partial charge in [-0.15, -0.1) is 0 Å². The molecular formula is C13H16F3NO2. The molecule has 3 nitrogen and oxygen atoms in total. The van der Waals surface area contributed by atoms with Gasteiger partial charge in [0.2, 0.25) is 0 Å². The van der Waals surface area contributed by atoms with Crippen LogP contribution in [0.1, 0.15) is 18.1 Å². The maximum absolute atomic E-state index is 12.4. The number of hydrogen-bond donors (Lipinski definition) is 0. The lowest BCUT2D eigenvalue weighted by atomic mass is 10.1. The quantitative estimate of drug-likeness (QED) is 0.845. The van der Waals surface area contributed by atoms with Crippen molar-refractivity contribution in [3.05, 3.63) is 35.4 Å². The second kappa shape index (κ2) is 6.06. The van der Waals surface area contributed by atoms with E-state index in [1.165, 1.54) is 24.1 Å². The number of alkyl halides is 3. The van der Waals surface area contributed by atoms with Crippen LogP contribution in [0.25, 0.3) is 0 Å². The predicted octanol–water partition coefficient (Wildman–Crippen LogP) is 2.70. The highest BCUT2D eigenvalue weighted by Crippen LogP contribution is 2.29. The first-order valence-corrected chi connectivity index (χ1v) is 5.69. The Morgan fingerprint density at radius 3 is 2.26 bits per heavy atom. The summed E-state index contributed by atoms with van der Waals surface area (Å²) in [5.74, 6) is -0.220. The number of halogens is 3. The summed E-state index contributed by atoms with van der Waals surface area (Å²) in [6, 6.07) is 4.74. The summed E-state index contributed by atoms with van der Waals surface area (Å²) in [6.45, 7) is 1.86. The van der Waals surface area contributed by atoms with Gasteiger partial charge in [-0.25, -0.2) is 0 Å². The zero-order valence-electron chi connectivity index (χ0n) is 11.0. The summed E-state index contributed by atoms with van der Waals surface area (Å²) >= 11 is 0. The van der Waals surface area contributed by atoms with Crippen LogP contribution in [0.2, 0.25) is 0 Å². The van der Waals surface area contributed by atoms with Crippen LogP contribution in [0, 0.1) is 0 Å². The van der Waals surface area contributed by atoms with Crippen molar-refractivity contribution >= 4 is 5.91 Å². The van der Waals surface area contributed by atoms with Crippen LogP contribution >= 0.6 is 0 Å². The molecule has 1 rings (SSSR count). The first-order valence-electron chi connectivity index (χ1n) is 5.69. The van der Waals surface area contributed by atoms with Gasteiger partial charge in [0.05, 0.1) is 5.56 Å². The Kier molecular flexibility index (Phi) is 4.94. The minimum atomic E-state index is -4.34. The van der Waals surface area contributed by atoms with E-state index in [0.29, 0.717) is 5.56 Å². The van der Waals surface area contributed by atoms with E-state index < -0.39 is 17.8 Å². The molecule has 0 heterocycles. The minimum absolute atomic E-state index is 0.220. The van der Waals surface area contributed by atoms with Gasteiger partial charge in [0.1, 0.15) is 6.10 Å². The Morgan fingerprint density at radius 2 is 1.84 bits per heavy atom. The number of carbonyl (C=O) groups excluding carboxylic acids is 1. The Bertz CT molecular complexity index is 429. The number of hydrogen-bond acceptors (Lipinski definition) is 2. The molecule has 1 unspecified atom stereocenters. The molecule has 0 saturated heterocycles. The molecule has 0 fully saturated rings. The summed E-state index contributed by atoms with van der Waals surface area (Å²) in [6.07, 6.45) is -4.91. The van der Waals surface area contributed by atoms with Crippen molar-refractivity contribution in [2.24, 2.45) is 0 Å². The monoisotopic (exact) mass is 275 g/mol. The lowest BCUT2D eigenvalue weighted by Gasteiger charge is -2.20. The molecule has 1 aromatic carbocycles. The Morgan fingerprint density at radius 1 is 1.32 bits per heavy atom. The molecule has 1 atom stereocenters. The number of carbonyl (C=O) groups is 1. The summed E-state index contributed by atoms with van der Waals surface area (Å²) in [4.78, 5) is 13.1. The van der Waals surface area contributed by atoms with Crippen LogP contribution in [0.15, 0.2) is 24.3 Å². The fourth-order valence-corrected chi connectivity index (χ4v) is 1.56. The van der Waals surface area contributed by atoms with Crippen LogP contribution in [-0.4, -0.2) is 31.1 Å². The third kappa shape index (κ3) is 4.24. The van der Waals surface area contributed by atoms with Crippen molar-refractivity contribution in [2.75, 3.05) is 14.2 Å². The number of rotatable bonds is 4. The van der Waals surface area contributed by atoms with Crippen molar-refractivity contribution in [3.8, 4) is 0 Å². The molecular weight excluding hydrogens is 259 g/mol. The van der Waals surface area contributed by atoms with Crippen LogP contribution in [0.5, 0.6) is 0 Å². The molecule has 0 saturated carbocycles. The highest BCUT2D eigenvalue weighted by atomic mass is 19.4. The Labute approximate surface area is 110 Å². The maximum atomic E-state index is 12.4. The van der Waals surface area contributed by atoms with Gasteiger partial charge in [-0.3, -0.25) is 4.79 Å². The fraction of sp³-hybridized carbons (Fsp3) is 0.462. The van der Waals surface area contributed by atoms with Gasteiger partial charge >= 0.3 is 6.18 Å². The van der Waals surface area contributed by atoms with Crippen LogP contribution in [0.4, 0.5) is 13.2 Å². The van der Waals surface area contributed by atoms with Crippen molar-refractivity contribution in [2.45, 2.75) is 25.7 Å². The van der Waals surface area contributed by atoms with Crippen LogP contribution in [-0.2, 0) is 22.3 Å². The molecule has 0 spiro atoms. The molecule has 0 bridgehead atoms. The summed E-state index contributed by atoms with van der Waals surface area (Å²) in [7, 11) is 3.00. The Hall–Kier alpha value is -1.56. The van der Waals surface area contributed by atoms with E-state index in [-0.39, 0.29) is 12.5 Å². The average molecular weight is 275 g/mol. The van der Waals surface area contributed by atoms with E-state index in [2.05, 4.69) is 0 Å². The smallest absolute Gasteiger partial charge is 0.372 e. The van der Waals surface area contributed by atoms with Gasteiger partial charge in [-0.2, -0.15) is 13.2 Å². The van der Waals surface area contributed by atoms with Gasteiger partial charge in [-0.1, -0.05) is 12.1 Å². The number of amides is 1. The normalized spacial score (nSPS) is 13.2. The van der Waals surface area contributed by atoms with E-state index in [4.69, 9.17) is 4.74 Å². The van der Waals surface area contributed by atoms with E-state index in [1.54, 1.807) is 14.0 Å². The first-order chi connectivity index (χ1) is 8.75. The number of likely N-dealkylation sites (N-methyl/N-ethyl adjacent to an activating group) is 1. The zero-order valence-corrected chi connectivity index (χ0v) is 11.0. The lowest BCUT2D eigenvalue weighted by molar-refractivity contribution is -0.140. The summed E-state index contributed by atoms with van der Waals surface area (Å²) in [5, 5.41) is 0. The molecule has 0 aliphatic heterocycles. The first kappa shape index (κ1) is 15.5. The second-order valence-electron chi connectivity index (χ2n) is 4.27. The SMILES string of the molecule is COC(C)C(=O)N(C)Cc1ccc(C(F)(F)F)cc1. The largest absolute Gasteiger partial charge is 0.416 e. The van der Waals surface area contributed by atoms with Crippen molar-refractivity contribution < 1.29 is 22.7 Å². The zero-order chi connectivity index (χ0) is 14.6. The molecule has 0 aliphatic rings. The van der Waals surface area contributed by atoms with E-state index >= 15 is 0 Å². The van der Waals surface area contributed by atoms with E-state index in [9.17, 15) is 18.0 Å². The summed E-state index contributed by atoms with van der Waals surface area (Å²) < 4.78 is 42.0. The lowest BCUT2D eigenvalue weighted by Crippen LogP contribution is -2.35. The van der Waals surface area contributed by atoms with E-state index in [0.717, 1.165) is 12.1 Å². The molecule has 0 radical (unpaired) electrons. The van der Waals surface area contributed by atoms with Gasteiger partial charge in [0.15, 0.2) is 0 Å². The molecule has 1 amide bonds. The molecule has 19 heavy (non-hydrogen) atoms. The topological polar surface area (TPSA) is 29.5 Å². The average Bonchev–Trinajstić information content (AvgIpc) is 2.36. The van der Waals surface area contributed by atoms with Crippen molar-refractivity contribution in [1.29, 1.82) is 0 Å². The Balaban J connectivity index is 2.71. The second-order valence-corrected chi connectivity index (χ2v) is 4.27. The predicted molar refractivity (Wildman–Crippen MR) is 64.4 cm³/mol. The number of ether oxygens (including phenoxy) is 1. The maximum Gasteiger partial charge on any atom is 0.416 e. The molecule has 106 valence electrons. The van der Waals surface area contributed by atoms with Gasteiger partial charge in [-0.05, 0) is 24.6 Å². The molecule has 0 N–H and O–H groups in total. The van der Waals surface area contributed by atoms with Crippen LogP contribution < -0.4 is 0 Å². The standard InChI is InChI=1S/C13H16F3NO2/c1-9(19-3)12(18)17(2)8-10-4-6-11(7-5-10)13(14,15)16/h4-7,9H,8H2,1-3H3. The van der Waals surface area contributed by atoms with Crippen LogP contribution in [0.3, 0.4) is 0 Å². The number of nitrogens with zero attached hydrogens (tertiary/aromatic N) is 1.